The molecule has 7 heteroatoms. The maximum Gasteiger partial charge on any atom is 0.264 e. The Balaban J connectivity index is 1.49. The lowest BCUT2D eigenvalue weighted by Crippen LogP contribution is -2.52. The smallest absolute Gasteiger partial charge is 0.264 e. The Morgan fingerprint density at radius 1 is 1.33 bits per heavy atom. The van der Waals surface area contributed by atoms with Gasteiger partial charge in [-0.1, -0.05) is 36.0 Å². The molecule has 2 aromatic rings. The topological polar surface area (TPSA) is 69.9 Å². The Labute approximate surface area is 144 Å². The number of nitrogens with one attached hydrogen (secondary N) is 2. The first-order valence-electron chi connectivity index (χ1n) is 7.86. The molecule has 3 heterocycles. The number of rotatable bonds is 3. The van der Waals surface area contributed by atoms with Crippen molar-refractivity contribution in [3.63, 3.8) is 0 Å². The van der Waals surface area contributed by atoms with Crippen molar-refractivity contribution in [2.24, 2.45) is 5.10 Å². The highest BCUT2D eigenvalue weighted by molar-refractivity contribution is 8.13. The molecule has 0 bridgehead atoms. The predicted molar refractivity (Wildman–Crippen MR) is 92.9 cm³/mol. The van der Waals surface area contributed by atoms with Crippen LogP contribution in [0.1, 0.15) is 29.3 Å². The molecule has 0 radical (unpaired) electrons. The van der Waals surface area contributed by atoms with Gasteiger partial charge in [0.25, 0.3) is 5.91 Å². The fourth-order valence-corrected chi connectivity index (χ4v) is 4.01. The quantitative estimate of drug-likeness (QED) is 0.897. The fourth-order valence-electron chi connectivity index (χ4n) is 2.97. The van der Waals surface area contributed by atoms with Crippen LogP contribution in [0.25, 0.3) is 0 Å². The van der Waals surface area contributed by atoms with Crippen LogP contribution < -0.4 is 10.9 Å². The third kappa shape index (κ3) is 2.81. The summed E-state index contributed by atoms with van der Waals surface area (Å²) in [6.07, 6.45) is 2.31. The van der Waals surface area contributed by atoms with Crippen LogP contribution in [-0.4, -0.2) is 22.1 Å². The minimum atomic E-state index is -0.267. The SMILES string of the molecule is Cc1ccccc1CSC1=NNC(=O)C2CC(c3ccco3)NN12. The normalized spacial score (nSPS) is 23.0. The van der Waals surface area contributed by atoms with E-state index in [-0.39, 0.29) is 18.0 Å². The molecule has 0 spiro atoms. The Hall–Kier alpha value is -2.25. The molecule has 1 aromatic heterocycles. The molecule has 4 rings (SSSR count). The van der Waals surface area contributed by atoms with Crippen LogP contribution in [0, 0.1) is 6.92 Å². The number of amides is 1. The zero-order chi connectivity index (χ0) is 16.5. The van der Waals surface area contributed by atoms with Crippen molar-refractivity contribution >= 4 is 22.8 Å². The summed E-state index contributed by atoms with van der Waals surface area (Å²) in [7, 11) is 0. The number of furan rings is 1. The molecule has 2 N–H and O–H groups in total. The molecule has 0 aliphatic carbocycles. The summed E-state index contributed by atoms with van der Waals surface area (Å²) < 4.78 is 5.47. The van der Waals surface area contributed by atoms with Crippen molar-refractivity contribution in [3.8, 4) is 0 Å². The molecule has 1 saturated heterocycles. The average molecular weight is 342 g/mol. The average Bonchev–Trinajstić information content (AvgIpc) is 3.25. The molecule has 0 saturated carbocycles. The van der Waals surface area contributed by atoms with Gasteiger partial charge in [-0.15, -0.1) is 5.10 Å². The highest BCUT2D eigenvalue weighted by Crippen LogP contribution is 2.32. The summed E-state index contributed by atoms with van der Waals surface area (Å²) in [5.74, 6) is 1.55. The molecular formula is C17H18N4O2S. The van der Waals surface area contributed by atoms with Crippen LogP contribution in [0.2, 0.25) is 0 Å². The molecule has 24 heavy (non-hydrogen) atoms. The van der Waals surface area contributed by atoms with Gasteiger partial charge >= 0.3 is 0 Å². The predicted octanol–water partition coefficient (Wildman–Crippen LogP) is 2.54. The number of hydrazine groups is 1. The molecule has 2 unspecified atom stereocenters. The molecule has 1 aromatic carbocycles. The standard InChI is InChI=1S/C17H18N4O2S/c1-11-5-2-3-6-12(11)10-24-17-19-18-16(22)14-9-13(20-21(14)17)15-7-4-8-23-15/h2-8,13-14,20H,9-10H2,1H3,(H,18,22). The van der Waals surface area contributed by atoms with Gasteiger partial charge in [0.05, 0.1) is 12.3 Å². The van der Waals surface area contributed by atoms with Crippen LogP contribution in [0.3, 0.4) is 0 Å². The van der Waals surface area contributed by atoms with E-state index < -0.39 is 0 Å². The van der Waals surface area contributed by atoms with Crippen molar-refractivity contribution in [3.05, 3.63) is 59.5 Å². The fraction of sp³-hybridized carbons (Fsp3) is 0.294. The minimum absolute atomic E-state index is 0.0156. The summed E-state index contributed by atoms with van der Waals surface area (Å²) in [6.45, 7) is 2.10. The van der Waals surface area contributed by atoms with Gasteiger partial charge in [-0.2, -0.15) is 0 Å². The van der Waals surface area contributed by atoms with Gasteiger partial charge in [0.2, 0.25) is 0 Å². The van der Waals surface area contributed by atoms with Crippen LogP contribution in [0.15, 0.2) is 52.2 Å². The van der Waals surface area contributed by atoms with Crippen molar-refractivity contribution < 1.29 is 9.21 Å². The summed E-state index contributed by atoms with van der Waals surface area (Å²) >= 11 is 1.61. The lowest BCUT2D eigenvalue weighted by atomic mass is 10.1. The second-order valence-corrected chi connectivity index (χ2v) is 6.85. The number of amidine groups is 1. The van der Waals surface area contributed by atoms with Gasteiger partial charge in [0.15, 0.2) is 5.17 Å². The van der Waals surface area contributed by atoms with E-state index in [1.54, 1.807) is 18.0 Å². The molecule has 6 nitrogen and oxygen atoms in total. The third-order valence-electron chi connectivity index (χ3n) is 4.34. The van der Waals surface area contributed by atoms with Crippen LogP contribution in [-0.2, 0) is 10.5 Å². The van der Waals surface area contributed by atoms with Crippen molar-refractivity contribution in [1.29, 1.82) is 0 Å². The second kappa shape index (κ2) is 6.33. The first-order valence-corrected chi connectivity index (χ1v) is 8.84. The van der Waals surface area contributed by atoms with Crippen molar-refractivity contribution in [2.45, 2.75) is 31.2 Å². The Morgan fingerprint density at radius 2 is 2.21 bits per heavy atom. The Morgan fingerprint density at radius 3 is 3.00 bits per heavy atom. The Kier molecular flexibility index (Phi) is 4.03. The molecule has 2 atom stereocenters. The molecule has 1 amide bonds. The van der Waals surface area contributed by atoms with Gasteiger partial charge < -0.3 is 4.42 Å². The molecule has 2 aliphatic rings. The summed E-state index contributed by atoms with van der Waals surface area (Å²) in [6, 6.07) is 11.8. The van der Waals surface area contributed by atoms with E-state index in [4.69, 9.17) is 4.42 Å². The number of hydrogen-bond donors (Lipinski definition) is 2. The zero-order valence-electron chi connectivity index (χ0n) is 13.2. The largest absolute Gasteiger partial charge is 0.468 e. The van der Waals surface area contributed by atoms with E-state index >= 15 is 0 Å². The number of aryl methyl sites for hydroxylation is 1. The number of carbonyl (C=O) groups is 1. The first kappa shape index (κ1) is 15.3. The number of carbonyl (C=O) groups excluding carboxylic acids is 1. The van der Waals surface area contributed by atoms with E-state index in [1.807, 2.05) is 29.3 Å². The monoisotopic (exact) mass is 342 g/mol. The van der Waals surface area contributed by atoms with E-state index in [9.17, 15) is 4.79 Å². The van der Waals surface area contributed by atoms with Crippen LogP contribution in [0.4, 0.5) is 0 Å². The lowest BCUT2D eigenvalue weighted by Gasteiger charge is -2.29. The lowest BCUT2D eigenvalue weighted by molar-refractivity contribution is -0.125. The van der Waals surface area contributed by atoms with Gasteiger partial charge in [-0.25, -0.2) is 10.9 Å². The Bertz CT molecular complexity index is 775. The number of hydrogen-bond acceptors (Lipinski definition) is 6. The highest BCUT2D eigenvalue weighted by Gasteiger charge is 2.42. The molecule has 1 fully saturated rings. The van der Waals surface area contributed by atoms with Gasteiger partial charge in [0.1, 0.15) is 11.8 Å². The van der Waals surface area contributed by atoms with Crippen LogP contribution >= 0.6 is 11.8 Å². The van der Waals surface area contributed by atoms with Gasteiger partial charge in [0, 0.05) is 12.2 Å². The van der Waals surface area contributed by atoms with E-state index in [0.717, 1.165) is 16.7 Å². The zero-order valence-corrected chi connectivity index (χ0v) is 14.0. The van der Waals surface area contributed by atoms with Crippen molar-refractivity contribution in [1.82, 2.24) is 15.9 Å². The van der Waals surface area contributed by atoms with Gasteiger partial charge in [-0.3, -0.25) is 9.80 Å². The second-order valence-electron chi connectivity index (χ2n) is 5.90. The third-order valence-corrected chi connectivity index (χ3v) is 5.34. The molecule has 124 valence electrons. The number of thioether (sulfide) groups is 1. The molecule has 2 aliphatic heterocycles. The van der Waals surface area contributed by atoms with Crippen LogP contribution in [0.5, 0.6) is 0 Å². The maximum atomic E-state index is 12.1. The summed E-state index contributed by atoms with van der Waals surface area (Å²) in [4.78, 5) is 12.1. The maximum absolute atomic E-state index is 12.1. The molecular weight excluding hydrogens is 324 g/mol. The number of benzene rings is 1. The number of hydrazone groups is 1. The first-order chi connectivity index (χ1) is 11.7. The minimum Gasteiger partial charge on any atom is -0.468 e. The van der Waals surface area contributed by atoms with Crippen molar-refractivity contribution in [2.75, 3.05) is 0 Å². The summed E-state index contributed by atoms with van der Waals surface area (Å²) in [5.41, 5.74) is 8.51. The van der Waals surface area contributed by atoms with E-state index in [0.29, 0.717) is 6.42 Å². The highest BCUT2D eigenvalue weighted by atomic mass is 32.2. The summed E-state index contributed by atoms with van der Waals surface area (Å²) in [5, 5.41) is 6.87. The van der Waals surface area contributed by atoms with Gasteiger partial charge in [-0.05, 0) is 30.2 Å². The van der Waals surface area contributed by atoms with E-state index in [2.05, 4.69) is 35.0 Å². The van der Waals surface area contributed by atoms with E-state index in [1.165, 1.54) is 11.1 Å². The number of nitrogens with zero attached hydrogens (tertiary/aromatic N) is 2. The number of fused-ring (bicyclic) bond motifs is 1.